The van der Waals surface area contributed by atoms with Crippen LogP contribution in [0, 0.1) is 27.0 Å². The van der Waals surface area contributed by atoms with Crippen LogP contribution in [0.15, 0.2) is 97.1 Å². The van der Waals surface area contributed by atoms with Gasteiger partial charge in [-0.25, -0.2) is 12.2 Å². The summed E-state index contributed by atoms with van der Waals surface area (Å²) in [6, 6.07) is 32.8. The van der Waals surface area contributed by atoms with Gasteiger partial charge in [-0.2, -0.15) is 6.08 Å². The topological polar surface area (TPSA) is 0 Å². The van der Waals surface area contributed by atoms with E-state index < -0.39 is 0 Å². The molecule has 44 heavy (non-hydrogen) atoms. The van der Waals surface area contributed by atoms with Crippen LogP contribution in [0.1, 0.15) is 70.2 Å². The molecule has 0 atom stereocenters. The van der Waals surface area contributed by atoms with Gasteiger partial charge in [0.25, 0.3) is 0 Å². The Hall–Kier alpha value is -1.96. The van der Waals surface area contributed by atoms with Gasteiger partial charge in [0.2, 0.25) is 0 Å². The standard InChI is InChI=1S/C33H33.C5H5.2CH3.2ClH.Si.Zr/c1-32(2,3)30-20-26-24(18-28(30)22-13-9-7-10-14-22)17-25-19-29(23-15-11-8-12-16-23)31(21-27(25)26)33(4,5)6;1-2-4-5-3-1;;;;;;/h7-16,18,20-21H,17H2,1-6H3;1-3H,4H2;2*1H3;2*1H;;/q4*-1;;;;. The first-order chi connectivity index (χ1) is 19.1. The molecule has 2 aliphatic carbocycles. The molecule has 0 bridgehead atoms. The molecule has 4 heteroatoms. The van der Waals surface area contributed by atoms with E-state index in [1.807, 2.05) is 12.2 Å². The van der Waals surface area contributed by atoms with E-state index >= 15 is 0 Å². The molecule has 2 radical (unpaired) electrons. The van der Waals surface area contributed by atoms with Gasteiger partial charge in [0.05, 0.1) is 0 Å². The molecule has 0 saturated heterocycles. The van der Waals surface area contributed by atoms with Gasteiger partial charge in [-0.3, -0.25) is 6.08 Å². The van der Waals surface area contributed by atoms with Crippen LogP contribution >= 0.6 is 24.8 Å². The zero-order valence-electron chi connectivity index (χ0n) is 27.5. The molecule has 0 aliphatic heterocycles. The van der Waals surface area contributed by atoms with Crippen molar-refractivity contribution in [2.75, 3.05) is 0 Å². The predicted molar refractivity (Wildman–Crippen MR) is 196 cm³/mol. The van der Waals surface area contributed by atoms with Crippen molar-refractivity contribution in [2.45, 2.75) is 65.2 Å². The minimum atomic E-state index is 0. The van der Waals surface area contributed by atoms with E-state index in [-0.39, 0.29) is 50.5 Å². The maximum atomic E-state index is 3.88. The number of benzene rings is 4. The summed E-state index contributed by atoms with van der Waals surface area (Å²) < 4.78 is 0. The van der Waals surface area contributed by atoms with Crippen LogP contribution in [0.25, 0.3) is 33.4 Å². The summed E-state index contributed by atoms with van der Waals surface area (Å²) in [5, 5.41) is 0. The average Bonchev–Trinajstić information content (AvgIpc) is 3.64. The van der Waals surface area contributed by atoms with Crippen LogP contribution in [0.5, 0.6) is 0 Å². The van der Waals surface area contributed by atoms with Crippen molar-refractivity contribution < 1.29 is 23.3 Å². The van der Waals surface area contributed by atoms with Crippen molar-refractivity contribution in [3.63, 3.8) is 0 Å². The van der Waals surface area contributed by atoms with E-state index in [0.717, 1.165) is 12.8 Å². The number of hydrogen-bond donors (Lipinski definition) is 0. The van der Waals surface area contributed by atoms with E-state index in [2.05, 4.69) is 146 Å². The second kappa shape index (κ2) is 18.3. The van der Waals surface area contributed by atoms with E-state index in [0.29, 0.717) is 0 Å². The summed E-state index contributed by atoms with van der Waals surface area (Å²) in [5.74, 6) is 0. The van der Waals surface area contributed by atoms with Gasteiger partial charge in [-0.05, 0) is 39.5 Å². The molecule has 0 N–H and O–H groups in total. The Kier molecular flexibility index (Phi) is 17.4. The SMILES string of the molecule is CC(C)(C)c1cc2c([c-]c1-c1ccccc1)Cc1cc(-c3ccccc3)c(C(C)(C)C)cc1-2.Cl.Cl.[C-]1=CC=CC1.[CH3-].[CH3-].[Si]=[Zr]. The van der Waals surface area contributed by atoms with E-state index in [1.54, 1.807) is 0 Å². The third-order valence-corrected chi connectivity index (χ3v) is 7.41. The van der Waals surface area contributed by atoms with Crippen LogP contribution in [0.4, 0.5) is 0 Å². The van der Waals surface area contributed by atoms with Gasteiger partial charge >= 0.3 is 30.2 Å². The molecular weight excluding hydrogens is 671 g/mol. The molecule has 0 aromatic heterocycles. The Morgan fingerprint density at radius 1 is 0.659 bits per heavy atom. The van der Waals surface area contributed by atoms with E-state index in [1.165, 1.54) is 79.0 Å². The summed E-state index contributed by atoms with van der Waals surface area (Å²) in [6.45, 7) is 17.0. The summed E-state index contributed by atoms with van der Waals surface area (Å²) >= 11 is 1.36. The molecule has 2 aliphatic rings. The first-order valence-corrected chi connectivity index (χ1v) is 18.2. The number of rotatable bonds is 2. The van der Waals surface area contributed by atoms with Crippen LogP contribution in [-0.2, 0) is 40.6 Å². The maximum absolute atomic E-state index is 3.88. The molecule has 0 heterocycles. The van der Waals surface area contributed by atoms with Crippen molar-refractivity contribution in [1.29, 1.82) is 0 Å². The molecule has 4 aromatic rings. The van der Waals surface area contributed by atoms with Crippen molar-refractivity contribution in [1.82, 2.24) is 0 Å². The van der Waals surface area contributed by atoms with Crippen LogP contribution < -0.4 is 0 Å². The Bertz CT molecular complexity index is 1410. The van der Waals surface area contributed by atoms with Crippen LogP contribution in [0.2, 0.25) is 0 Å². The zero-order valence-corrected chi connectivity index (χ0v) is 32.6. The first-order valence-electron chi connectivity index (χ1n) is 14.0. The Morgan fingerprint density at radius 2 is 1.18 bits per heavy atom. The molecule has 0 unspecified atom stereocenters. The number of hydrogen-bond acceptors (Lipinski definition) is 0. The van der Waals surface area contributed by atoms with Gasteiger partial charge in [0.15, 0.2) is 0 Å². The summed E-state index contributed by atoms with van der Waals surface area (Å²) in [6.07, 6.45) is 10.9. The fraction of sp³-hybridized carbons (Fsp3) is 0.250. The summed E-state index contributed by atoms with van der Waals surface area (Å²) in [7, 11) is 0. The minimum absolute atomic E-state index is 0. The van der Waals surface area contributed by atoms with E-state index in [4.69, 9.17) is 0 Å². The molecule has 0 nitrogen and oxygen atoms in total. The molecule has 0 spiro atoms. The third-order valence-electron chi connectivity index (χ3n) is 7.41. The second-order valence-electron chi connectivity index (χ2n) is 12.4. The van der Waals surface area contributed by atoms with Gasteiger partial charge < -0.3 is 14.9 Å². The normalized spacial score (nSPS) is 11.8. The van der Waals surface area contributed by atoms with Crippen molar-refractivity contribution >= 4 is 31.7 Å². The molecule has 0 fully saturated rings. The fourth-order valence-electron chi connectivity index (χ4n) is 5.44. The Labute approximate surface area is 297 Å². The van der Waals surface area contributed by atoms with Crippen molar-refractivity contribution in [2.24, 2.45) is 0 Å². The first kappa shape index (κ1) is 42.0. The fourth-order valence-corrected chi connectivity index (χ4v) is 5.44. The molecule has 4 aromatic carbocycles. The number of allylic oxidation sites excluding steroid dienone is 4. The third kappa shape index (κ3) is 9.77. The van der Waals surface area contributed by atoms with Gasteiger partial charge in [-0.1, -0.05) is 131 Å². The molecule has 232 valence electrons. The number of fused-ring (bicyclic) bond motifs is 3. The molecular formula is C40H46Cl2SiZr-4. The van der Waals surface area contributed by atoms with Crippen molar-refractivity contribution in [3.8, 4) is 33.4 Å². The van der Waals surface area contributed by atoms with Gasteiger partial charge in [0, 0.05) is 0 Å². The van der Waals surface area contributed by atoms with Gasteiger partial charge in [-0.15, -0.1) is 60.1 Å². The molecule has 0 saturated carbocycles. The quantitative estimate of drug-likeness (QED) is 0.126. The second-order valence-corrected chi connectivity index (χ2v) is 12.4. The Morgan fingerprint density at radius 3 is 1.64 bits per heavy atom. The van der Waals surface area contributed by atoms with Crippen LogP contribution in [-0.4, -0.2) is 6.88 Å². The molecule has 0 amide bonds. The predicted octanol–water partition coefficient (Wildman–Crippen LogP) is 11.7. The monoisotopic (exact) mass is 714 g/mol. The average molecular weight is 717 g/mol. The Balaban J connectivity index is 0.00000151. The number of halogens is 2. The summed E-state index contributed by atoms with van der Waals surface area (Å²) in [4.78, 5) is 0. The van der Waals surface area contributed by atoms with E-state index in [9.17, 15) is 0 Å². The molecule has 6 rings (SSSR count). The zero-order chi connectivity index (χ0) is 28.9. The van der Waals surface area contributed by atoms with Gasteiger partial charge in [0.1, 0.15) is 0 Å². The van der Waals surface area contributed by atoms with Crippen molar-refractivity contribution in [3.05, 3.63) is 146 Å². The summed E-state index contributed by atoms with van der Waals surface area (Å²) in [5.41, 5.74) is 13.5. The van der Waals surface area contributed by atoms with Crippen LogP contribution in [0.3, 0.4) is 0 Å².